The van der Waals surface area contributed by atoms with Gasteiger partial charge in [0.15, 0.2) is 23.1 Å². The van der Waals surface area contributed by atoms with Gasteiger partial charge in [-0.15, -0.1) is 0 Å². The molecule has 0 saturated carbocycles. The number of rotatable bonds is 12. The molecule has 12 bridgehead atoms. The lowest BCUT2D eigenvalue weighted by Crippen LogP contribution is -2.72. The Bertz CT molecular complexity index is 4910. The van der Waals surface area contributed by atoms with Crippen molar-refractivity contribution in [3.8, 4) is 34.5 Å². The maximum absolute atomic E-state index is 13.8. The summed E-state index contributed by atoms with van der Waals surface area (Å²) in [6.07, 6.45) is 6.71. The van der Waals surface area contributed by atoms with E-state index in [-0.39, 0.29) is 135 Å². The fourth-order valence-corrected chi connectivity index (χ4v) is 21.2. The van der Waals surface area contributed by atoms with Crippen molar-refractivity contribution in [2.75, 3.05) is 99.5 Å². The highest BCUT2D eigenvalue weighted by Gasteiger charge is 2.56. The fourth-order valence-electron chi connectivity index (χ4n) is 20.9. The van der Waals surface area contributed by atoms with Crippen LogP contribution in [0.3, 0.4) is 0 Å². The van der Waals surface area contributed by atoms with Gasteiger partial charge in [-0.25, -0.2) is 8.78 Å². The van der Waals surface area contributed by atoms with Crippen LogP contribution in [0.1, 0.15) is 245 Å². The van der Waals surface area contributed by atoms with Crippen molar-refractivity contribution in [3.05, 3.63) is 177 Å². The zero-order valence-corrected chi connectivity index (χ0v) is 83.0. The van der Waals surface area contributed by atoms with E-state index >= 15 is 0 Å². The number of aryl methyl sites for hydroxylation is 1. The number of halogens is 5. The topological polar surface area (TPSA) is 197 Å². The van der Waals surface area contributed by atoms with Crippen LogP contribution in [0.4, 0.5) is 17.6 Å². The van der Waals surface area contributed by atoms with Crippen LogP contribution >= 0.6 is 11.6 Å². The summed E-state index contributed by atoms with van der Waals surface area (Å²) >= 11 is 6.14. The minimum absolute atomic E-state index is 0.0243. The van der Waals surface area contributed by atoms with Crippen LogP contribution in [0.25, 0.3) is 0 Å². The number of likely N-dealkylation sites (tertiary alicyclic amines) is 8. The maximum Gasteiger partial charge on any atom is 0.387 e. The molecule has 0 spiro atoms. The minimum atomic E-state index is -2.85. The zero-order chi connectivity index (χ0) is 96.5. The van der Waals surface area contributed by atoms with E-state index in [9.17, 15) is 46.3 Å². The van der Waals surface area contributed by atoms with Crippen molar-refractivity contribution in [1.82, 2.24) is 58.8 Å². The second-order valence-electron chi connectivity index (χ2n) is 44.3. The molecular formula is C104H141ClF4N12O12. The van der Waals surface area contributed by atoms with Crippen LogP contribution in [0.2, 0.25) is 5.02 Å². The summed E-state index contributed by atoms with van der Waals surface area (Å²) in [6.45, 7) is 54.2. The Morgan fingerprint density at radius 1 is 0.331 bits per heavy atom. The quantitative estimate of drug-likeness (QED) is 0.105. The van der Waals surface area contributed by atoms with Gasteiger partial charge < -0.3 is 57.8 Å². The minimum Gasteiger partial charge on any atom is -0.495 e. The molecule has 12 unspecified atom stereocenters. The van der Waals surface area contributed by atoms with Crippen LogP contribution in [0.5, 0.6) is 34.5 Å². The highest BCUT2D eigenvalue weighted by molar-refractivity contribution is 6.32. The van der Waals surface area contributed by atoms with Crippen LogP contribution in [-0.4, -0.2) is 312 Å². The van der Waals surface area contributed by atoms with Crippen LogP contribution in [-0.2, 0) is 0 Å². The van der Waals surface area contributed by atoms with Crippen LogP contribution < -0.4 is 28.4 Å². The first-order chi connectivity index (χ1) is 62.3. The van der Waals surface area contributed by atoms with E-state index in [0.29, 0.717) is 86.2 Å². The van der Waals surface area contributed by atoms with Gasteiger partial charge >= 0.3 is 6.61 Å². The molecule has 0 aliphatic carbocycles. The van der Waals surface area contributed by atoms with Gasteiger partial charge in [-0.1, -0.05) is 17.7 Å². The van der Waals surface area contributed by atoms with Gasteiger partial charge in [0.05, 0.1) is 25.3 Å². The molecule has 12 atom stereocenters. The molecule has 133 heavy (non-hydrogen) atoms. The average molecular weight is 1860 g/mol. The first-order valence-corrected chi connectivity index (χ1v) is 47.8. The van der Waals surface area contributed by atoms with Gasteiger partial charge in [-0.3, -0.25) is 58.2 Å². The Morgan fingerprint density at radius 2 is 0.579 bits per heavy atom. The lowest BCUT2D eigenvalue weighted by molar-refractivity contribution is -0.0738. The summed E-state index contributed by atoms with van der Waals surface area (Å²) in [4.78, 5) is 103. The summed E-state index contributed by atoms with van der Waals surface area (Å²) in [5.41, 5.74) is 4.96. The standard InChI is InChI=1S/C19H28N2O2.C17H23ClN2O2.C17H22F2N2O2.C17H23FN2O2.C17H23FN2O.C17H22N2O3/c1-13(2)23-17-8-6-14(7-9-17)18(22)21-15-10-16(21)12-20(11-15)19(3,4)5;1-17(2,3)19-9-12-8-13(10-19)20(12)16(21)11-5-6-15(22-4)14(18)7-11;1-17(2,3)20-9-12-8-13(10-20)21(12)15(22)11-4-6-14(7-5-11)23-16(18)19;1-17(2,3)19-9-12-8-13(10-19)20(12)16(21)11-5-6-15(22-4)14(18)7-11;1-11-5-6-12(7-15(11)18)16(21)20-13-8-14(20)10-19(9-13)17(2,3)4;1-17(2,3)18-8-12-7-13(9-18)19(12)16(20)11-4-5-14-15(6-11)22-10-21-14/h6-9,13,15-16H,10-12H2,1-5H3;5-7,12-13H,8-10H2,1-4H3;4-7,12-13,16H,8-10H2,1-3H3;5-7,12-13H,8-10H2,1-4H3;5-7,13-14H,8-10H2,1-4H3;4-6,12-13H,7-10H2,1-3H3. The summed E-state index contributed by atoms with van der Waals surface area (Å²) in [5, 5.41) is 0.482. The molecule has 0 aromatic heterocycles. The van der Waals surface area contributed by atoms with Crippen molar-refractivity contribution in [1.29, 1.82) is 0 Å². The molecule has 6 amide bonds. The van der Waals surface area contributed by atoms with Crippen molar-refractivity contribution < 1.29 is 74.8 Å². The molecule has 29 heteroatoms. The van der Waals surface area contributed by atoms with E-state index in [0.717, 1.165) is 134 Å². The molecule has 21 rings (SSSR count). The third-order valence-corrected chi connectivity index (χ3v) is 29.2. The SMILES string of the molecule is CC(C)(C)N1CC2CC(C1)N2C(=O)c1ccc(OC(F)F)cc1.CC(C)(C)N1CC2CC(C1)N2C(=O)c1ccc2c(c1)OCO2.CC(C)Oc1ccc(C(=O)N2C3CC2CN(C(C)(C)C)C3)cc1.COc1ccc(C(=O)N2C3CC2CN(C(C)(C)C)C3)cc1Cl.COc1ccc(C(=O)N2C3CC2CN(C(C)(C)C)C3)cc1F.Cc1ccc(C(=O)N2C3CC2CN(C(C)(C)C)C3)cc1F. The van der Waals surface area contributed by atoms with Crippen LogP contribution in [0, 0.1) is 18.6 Å². The highest BCUT2D eigenvalue weighted by atomic mass is 35.5. The molecule has 15 heterocycles. The number of piperazine rings is 6. The van der Waals surface area contributed by atoms with Gasteiger partial charge in [0.2, 0.25) is 6.79 Å². The van der Waals surface area contributed by atoms with E-state index in [2.05, 4.69) is 169 Å². The molecular weight excluding hydrogens is 1720 g/mol. The monoisotopic (exact) mass is 1860 g/mol. The Kier molecular flexibility index (Phi) is 29.3. The fraction of sp³-hybridized carbons (Fsp3) is 0.596. The van der Waals surface area contributed by atoms with Gasteiger partial charge in [0, 0.05) is 218 Å². The van der Waals surface area contributed by atoms with Crippen molar-refractivity contribution in [2.24, 2.45) is 0 Å². The maximum atomic E-state index is 13.8. The molecule has 724 valence electrons. The number of methoxy groups -OCH3 is 2. The number of fused-ring (bicyclic) bond motifs is 13. The number of ether oxygens (including phenoxy) is 6. The van der Waals surface area contributed by atoms with E-state index in [1.54, 1.807) is 68.6 Å². The van der Waals surface area contributed by atoms with E-state index in [4.69, 9.17) is 35.3 Å². The number of alkyl halides is 2. The first kappa shape index (κ1) is 99.7. The Hall–Kier alpha value is -9.29. The second kappa shape index (κ2) is 39.1. The van der Waals surface area contributed by atoms with E-state index in [1.165, 1.54) is 37.4 Å². The molecule has 0 radical (unpaired) electrons. The summed E-state index contributed by atoms with van der Waals surface area (Å²) in [5.74, 6) is 2.50. The molecule has 6 aromatic carbocycles. The average Bonchev–Trinajstić information content (AvgIpc) is 1.17. The molecule has 14 saturated heterocycles. The normalized spacial score (nSPS) is 25.2. The summed E-state index contributed by atoms with van der Waals surface area (Å²) in [7, 11) is 2.99. The molecule has 24 nitrogen and oxygen atoms in total. The van der Waals surface area contributed by atoms with Gasteiger partial charge in [0.1, 0.15) is 23.1 Å². The lowest BCUT2D eigenvalue weighted by Gasteiger charge is -2.59. The van der Waals surface area contributed by atoms with E-state index in [1.807, 2.05) is 69.8 Å². The Labute approximate surface area is 789 Å². The van der Waals surface area contributed by atoms with Gasteiger partial charge in [-0.05, 0) is 305 Å². The Balaban J connectivity index is 0.000000128. The van der Waals surface area contributed by atoms with E-state index < -0.39 is 12.4 Å². The molecule has 15 aliphatic heterocycles. The highest BCUT2D eigenvalue weighted by Crippen LogP contribution is 2.45. The van der Waals surface area contributed by atoms with Gasteiger partial charge in [-0.2, -0.15) is 8.78 Å². The largest absolute Gasteiger partial charge is 0.495 e. The third kappa shape index (κ3) is 22.1. The number of carbonyl (C=O) groups is 6. The van der Waals surface area contributed by atoms with Gasteiger partial charge in [0.25, 0.3) is 35.4 Å². The van der Waals surface area contributed by atoms with Crippen molar-refractivity contribution in [2.45, 2.75) is 302 Å². The molecule has 15 aliphatic rings. The molecule has 6 aromatic rings. The van der Waals surface area contributed by atoms with Crippen molar-refractivity contribution in [3.63, 3.8) is 0 Å². The summed E-state index contributed by atoms with van der Waals surface area (Å²) in [6, 6.07) is 37.0. The lowest BCUT2D eigenvalue weighted by atomic mass is 9.84. The number of hydrogen-bond acceptors (Lipinski definition) is 18. The zero-order valence-electron chi connectivity index (χ0n) is 82.2. The number of benzene rings is 6. The smallest absolute Gasteiger partial charge is 0.387 e. The summed E-state index contributed by atoms with van der Waals surface area (Å²) < 4.78 is 82.5. The molecule has 0 N–H and O–H groups in total. The predicted molar refractivity (Wildman–Crippen MR) is 508 cm³/mol. The second-order valence-corrected chi connectivity index (χ2v) is 44.7. The van der Waals surface area contributed by atoms with Crippen molar-refractivity contribution >= 4 is 47.0 Å². The molecule has 14 fully saturated rings. The number of amides is 6. The third-order valence-electron chi connectivity index (χ3n) is 28.9. The number of piperidine rings is 6. The number of nitrogens with zero attached hydrogens (tertiary/aromatic N) is 12. The van der Waals surface area contributed by atoms with Crippen LogP contribution in [0.15, 0.2) is 121 Å². The first-order valence-electron chi connectivity index (χ1n) is 47.4. The Morgan fingerprint density at radius 3 is 0.850 bits per heavy atom. The predicted octanol–water partition coefficient (Wildman–Crippen LogP) is 16.7. The number of carbonyl (C=O) groups excluding carboxylic acids is 6. The number of hydrogen-bond donors (Lipinski definition) is 0.